The largest absolute Gasteiger partial charge is 0.336 e. The van der Waals surface area contributed by atoms with Gasteiger partial charge in [0.15, 0.2) is 5.69 Å². The van der Waals surface area contributed by atoms with Gasteiger partial charge in [-0.05, 0) is 38.9 Å². The number of likely N-dealkylation sites (tertiary alicyclic amines) is 1. The lowest BCUT2D eigenvalue weighted by molar-refractivity contribution is 0.0692. The number of aromatic nitrogens is 3. The Morgan fingerprint density at radius 3 is 2.82 bits per heavy atom. The maximum absolute atomic E-state index is 12.5. The number of hydrogen-bond donors (Lipinski definition) is 1. The molecule has 1 saturated heterocycles. The van der Waals surface area contributed by atoms with E-state index in [0.717, 1.165) is 31.6 Å². The molecular weight excluding hydrogens is 278 g/mol. The summed E-state index contributed by atoms with van der Waals surface area (Å²) in [7, 11) is 1.94. The number of piperidine rings is 1. The molecular formula is C16H21N5O. The first-order valence-corrected chi connectivity index (χ1v) is 7.63. The molecule has 3 rings (SSSR count). The third-order valence-electron chi connectivity index (χ3n) is 4.13. The van der Waals surface area contributed by atoms with Crippen LogP contribution in [-0.4, -0.2) is 52.0 Å². The Labute approximate surface area is 130 Å². The van der Waals surface area contributed by atoms with Crippen molar-refractivity contribution < 1.29 is 4.79 Å². The van der Waals surface area contributed by atoms with Crippen LogP contribution in [0.5, 0.6) is 0 Å². The van der Waals surface area contributed by atoms with Gasteiger partial charge < -0.3 is 10.2 Å². The Hall–Kier alpha value is -2.21. The summed E-state index contributed by atoms with van der Waals surface area (Å²) in [6, 6.07) is 8.33. The van der Waals surface area contributed by atoms with Gasteiger partial charge in [-0.25, -0.2) is 4.68 Å². The molecule has 22 heavy (non-hydrogen) atoms. The van der Waals surface area contributed by atoms with Crippen LogP contribution in [0.4, 0.5) is 0 Å². The van der Waals surface area contributed by atoms with Crippen molar-refractivity contribution in [3.8, 4) is 5.69 Å². The number of carbonyl (C=O) groups is 1. The van der Waals surface area contributed by atoms with Crippen LogP contribution in [0.3, 0.4) is 0 Å². The molecule has 0 bridgehead atoms. The second-order valence-electron chi connectivity index (χ2n) is 5.76. The van der Waals surface area contributed by atoms with Gasteiger partial charge in [0, 0.05) is 19.1 Å². The summed E-state index contributed by atoms with van der Waals surface area (Å²) in [4.78, 5) is 14.4. The Kier molecular flexibility index (Phi) is 4.20. The van der Waals surface area contributed by atoms with Crippen molar-refractivity contribution in [1.29, 1.82) is 0 Å². The number of benzene rings is 1. The Bertz CT molecular complexity index is 649. The molecule has 6 nitrogen and oxygen atoms in total. The standard InChI is InChI=1S/C16H21N5O/c1-12-5-7-14(8-6-12)21-11-15(18-19-21)16(22)20-9-3-4-13(10-20)17-2/h5-8,11,13,17H,3-4,9-10H2,1-2H3. The maximum atomic E-state index is 12.5. The van der Waals surface area contributed by atoms with Gasteiger partial charge in [0.05, 0.1) is 11.9 Å². The summed E-state index contributed by atoms with van der Waals surface area (Å²) >= 11 is 0. The molecule has 1 amide bonds. The average Bonchev–Trinajstić information content (AvgIpc) is 3.05. The number of nitrogens with zero attached hydrogens (tertiary/aromatic N) is 4. The molecule has 0 spiro atoms. The fourth-order valence-corrected chi connectivity index (χ4v) is 2.74. The highest BCUT2D eigenvalue weighted by molar-refractivity contribution is 5.92. The Balaban J connectivity index is 1.75. The molecule has 2 heterocycles. The van der Waals surface area contributed by atoms with E-state index in [1.165, 1.54) is 5.56 Å². The van der Waals surface area contributed by atoms with Crippen LogP contribution >= 0.6 is 0 Å². The van der Waals surface area contributed by atoms with Crippen LogP contribution in [0.15, 0.2) is 30.5 Å². The highest BCUT2D eigenvalue weighted by Crippen LogP contribution is 2.14. The Morgan fingerprint density at radius 1 is 1.32 bits per heavy atom. The molecule has 0 aliphatic carbocycles. The van der Waals surface area contributed by atoms with Crippen molar-refractivity contribution in [3.05, 3.63) is 41.7 Å². The van der Waals surface area contributed by atoms with Crippen molar-refractivity contribution in [2.24, 2.45) is 0 Å². The lowest BCUT2D eigenvalue weighted by Crippen LogP contribution is -2.47. The number of amides is 1. The van der Waals surface area contributed by atoms with Crippen LogP contribution in [0, 0.1) is 6.92 Å². The molecule has 2 aromatic rings. The van der Waals surface area contributed by atoms with Crippen LogP contribution in [0.25, 0.3) is 5.69 Å². The average molecular weight is 299 g/mol. The van der Waals surface area contributed by atoms with E-state index in [1.54, 1.807) is 10.9 Å². The number of nitrogens with one attached hydrogen (secondary N) is 1. The van der Waals surface area contributed by atoms with Crippen LogP contribution in [-0.2, 0) is 0 Å². The van der Waals surface area contributed by atoms with Crippen LogP contribution < -0.4 is 5.32 Å². The van der Waals surface area contributed by atoms with Gasteiger partial charge in [0.25, 0.3) is 5.91 Å². The molecule has 1 aliphatic heterocycles. The molecule has 1 aromatic carbocycles. The van der Waals surface area contributed by atoms with Crippen molar-refractivity contribution >= 4 is 5.91 Å². The van der Waals surface area contributed by atoms with E-state index in [4.69, 9.17) is 0 Å². The van der Waals surface area contributed by atoms with E-state index < -0.39 is 0 Å². The van der Waals surface area contributed by atoms with Crippen molar-refractivity contribution in [3.63, 3.8) is 0 Å². The molecule has 116 valence electrons. The van der Waals surface area contributed by atoms with E-state index in [-0.39, 0.29) is 5.91 Å². The third-order valence-corrected chi connectivity index (χ3v) is 4.13. The smallest absolute Gasteiger partial charge is 0.276 e. The fraction of sp³-hybridized carbons (Fsp3) is 0.438. The second kappa shape index (κ2) is 6.27. The summed E-state index contributed by atoms with van der Waals surface area (Å²) < 4.78 is 1.65. The molecule has 1 unspecified atom stereocenters. The summed E-state index contributed by atoms with van der Waals surface area (Å²) in [5.41, 5.74) is 2.49. The zero-order valence-corrected chi connectivity index (χ0v) is 13.0. The van der Waals surface area contributed by atoms with E-state index in [0.29, 0.717) is 11.7 Å². The molecule has 1 aliphatic rings. The fourth-order valence-electron chi connectivity index (χ4n) is 2.74. The summed E-state index contributed by atoms with van der Waals surface area (Å²) in [5, 5.41) is 11.4. The predicted molar refractivity (Wildman–Crippen MR) is 84.1 cm³/mol. The van der Waals surface area contributed by atoms with Gasteiger partial charge in [-0.15, -0.1) is 5.10 Å². The Morgan fingerprint density at radius 2 is 2.09 bits per heavy atom. The third kappa shape index (κ3) is 3.01. The highest BCUT2D eigenvalue weighted by Gasteiger charge is 2.25. The minimum Gasteiger partial charge on any atom is -0.336 e. The second-order valence-corrected chi connectivity index (χ2v) is 5.76. The van der Waals surface area contributed by atoms with E-state index in [9.17, 15) is 4.79 Å². The molecule has 1 aromatic heterocycles. The summed E-state index contributed by atoms with van der Waals surface area (Å²) in [6.45, 7) is 3.55. The molecule has 1 fully saturated rings. The van der Waals surface area contributed by atoms with Gasteiger partial charge in [-0.2, -0.15) is 0 Å². The van der Waals surface area contributed by atoms with Gasteiger partial charge in [0.1, 0.15) is 0 Å². The molecule has 6 heteroatoms. The van der Waals surface area contributed by atoms with Gasteiger partial charge >= 0.3 is 0 Å². The summed E-state index contributed by atoms with van der Waals surface area (Å²) in [5.74, 6) is -0.0432. The van der Waals surface area contributed by atoms with E-state index >= 15 is 0 Å². The zero-order chi connectivity index (χ0) is 15.5. The van der Waals surface area contributed by atoms with Crippen LogP contribution in [0.1, 0.15) is 28.9 Å². The molecule has 1 N–H and O–H groups in total. The first-order valence-electron chi connectivity index (χ1n) is 7.63. The van der Waals surface area contributed by atoms with Gasteiger partial charge in [-0.1, -0.05) is 22.9 Å². The molecule has 1 atom stereocenters. The van der Waals surface area contributed by atoms with Crippen molar-refractivity contribution in [2.75, 3.05) is 20.1 Å². The number of hydrogen-bond acceptors (Lipinski definition) is 4. The zero-order valence-electron chi connectivity index (χ0n) is 13.0. The van der Waals surface area contributed by atoms with Gasteiger partial charge in [-0.3, -0.25) is 4.79 Å². The highest BCUT2D eigenvalue weighted by atomic mass is 16.2. The van der Waals surface area contributed by atoms with Gasteiger partial charge in [0.2, 0.25) is 0 Å². The molecule has 0 saturated carbocycles. The first kappa shape index (κ1) is 14.7. The predicted octanol–water partition coefficient (Wildman–Crippen LogP) is 1.40. The topological polar surface area (TPSA) is 63.1 Å². The van der Waals surface area contributed by atoms with Crippen molar-refractivity contribution in [1.82, 2.24) is 25.2 Å². The van der Waals surface area contributed by atoms with E-state index in [1.807, 2.05) is 43.1 Å². The normalized spacial score (nSPS) is 18.5. The minimum absolute atomic E-state index is 0.0432. The summed E-state index contributed by atoms with van der Waals surface area (Å²) in [6.07, 6.45) is 3.83. The minimum atomic E-state index is -0.0432. The van der Waals surface area contributed by atoms with Crippen molar-refractivity contribution in [2.45, 2.75) is 25.8 Å². The quantitative estimate of drug-likeness (QED) is 0.930. The van der Waals surface area contributed by atoms with E-state index in [2.05, 4.69) is 15.6 Å². The monoisotopic (exact) mass is 299 g/mol. The molecule has 0 radical (unpaired) electrons. The number of aryl methyl sites for hydroxylation is 1. The SMILES string of the molecule is CNC1CCCN(C(=O)c2cn(-c3ccc(C)cc3)nn2)C1. The lowest BCUT2D eigenvalue weighted by Gasteiger charge is -2.31. The maximum Gasteiger partial charge on any atom is 0.276 e. The lowest BCUT2D eigenvalue weighted by atomic mass is 10.1. The number of carbonyl (C=O) groups excluding carboxylic acids is 1. The number of rotatable bonds is 3. The van der Waals surface area contributed by atoms with Crippen LogP contribution in [0.2, 0.25) is 0 Å². The number of likely N-dealkylation sites (N-methyl/N-ethyl adjacent to an activating group) is 1. The first-order chi connectivity index (χ1) is 10.7.